The Hall–Kier alpha value is -2.37. The van der Waals surface area contributed by atoms with Crippen molar-refractivity contribution in [3.63, 3.8) is 0 Å². The lowest BCUT2D eigenvalue weighted by molar-refractivity contribution is -0.384. The van der Waals surface area contributed by atoms with Crippen LogP contribution in [0.2, 0.25) is 0 Å². The Bertz CT molecular complexity index is 640. The van der Waals surface area contributed by atoms with Crippen LogP contribution in [0, 0.1) is 10.1 Å². The predicted octanol–water partition coefficient (Wildman–Crippen LogP) is 2.20. The van der Waals surface area contributed by atoms with Crippen molar-refractivity contribution in [3.05, 3.63) is 56.5 Å². The lowest BCUT2D eigenvalue weighted by atomic mass is 10.1. The molecule has 0 aliphatic rings. The topological polar surface area (TPSA) is 80.9 Å². The van der Waals surface area contributed by atoms with Crippen LogP contribution in [0.4, 0.5) is 5.69 Å². The summed E-state index contributed by atoms with van der Waals surface area (Å²) in [5.41, 5.74) is 0.599. The maximum Gasteiger partial charge on any atom is 0.294 e. The number of H-pyrrole nitrogens is 1. The number of rotatable bonds is 3. The van der Waals surface area contributed by atoms with Gasteiger partial charge in [-0.15, -0.1) is 0 Å². The molecule has 1 aromatic heterocycles. The minimum Gasteiger partial charge on any atom is -0.295 e. The summed E-state index contributed by atoms with van der Waals surface area (Å²) in [6.45, 7) is 3.88. The molecule has 0 aliphatic carbocycles. The molecular formula is C12H13N3O3. The maximum atomic E-state index is 11.8. The number of nitrogens with zero attached hydrogens (tertiary/aromatic N) is 2. The average Bonchev–Trinajstić information content (AvgIpc) is 2.71. The maximum absolute atomic E-state index is 11.8. The summed E-state index contributed by atoms with van der Waals surface area (Å²) in [6.07, 6.45) is 0. The van der Waals surface area contributed by atoms with Gasteiger partial charge in [-0.3, -0.25) is 20.0 Å². The molecule has 0 radical (unpaired) electrons. The summed E-state index contributed by atoms with van der Waals surface area (Å²) in [5, 5.41) is 13.8. The van der Waals surface area contributed by atoms with Gasteiger partial charge in [-0.2, -0.15) is 0 Å². The zero-order valence-electron chi connectivity index (χ0n) is 10.1. The van der Waals surface area contributed by atoms with Crippen molar-refractivity contribution in [2.24, 2.45) is 0 Å². The largest absolute Gasteiger partial charge is 0.295 e. The van der Waals surface area contributed by atoms with Gasteiger partial charge < -0.3 is 0 Å². The highest BCUT2D eigenvalue weighted by Crippen LogP contribution is 2.21. The monoisotopic (exact) mass is 247 g/mol. The van der Waals surface area contributed by atoms with Crippen LogP contribution in [0.1, 0.15) is 25.5 Å². The Morgan fingerprint density at radius 3 is 2.56 bits per heavy atom. The molecule has 18 heavy (non-hydrogen) atoms. The molecule has 0 saturated carbocycles. The van der Waals surface area contributed by atoms with Crippen LogP contribution in [0.3, 0.4) is 0 Å². The fourth-order valence-corrected chi connectivity index (χ4v) is 1.70. The lowest BCUT2D eigenvalue weighted by Gasteiger charge is -2.04. The highest BCUT2D eigenvalue weighted by Gasteiger charge is 2.17. The van der Waals surface area contributed by atoms with E-state index in [2.05, 4.69) is 5.10 Å². The first-order chi connectivity index (χ1) is 8.50. The van der Waals surface area contributed by atoms with Gasteiger partial charge in [0, 0.05) is 17.8 Å². The Morgan fingerprint density at radius 2 is 2.00 bits per heavy atom. The van der Waals surface area contributed by atoms with Crippen LogP contribution in [-0.2, 0) is 0 Å². The van der Waals surface area contributed by atoms with Gasteiger partial charge in [-0.05, 0) is 12.0 Å². The smallest absolute Gasteiger partial charge is 0.294 e. The Kier molecular flexibility index (Phi) is 3.01. The van der Waals surface area contributed by atoms with Crippen molar-refractivity contribution in [1.82, 2.24) is 9.78 Å². The molecule has 0 unspecified atom stereocenters. The van der Waals surface area contributed by atoms with Gasteiger partial charge >= 0.3 is 0 Å². The second-order valence-corrected chi connectivity index (χ2v) is 4.29. The summed E-state index contributed by atoms with van der Waals surface area (Å²) < 4.78 is 1.20. The van der Waals surface area contributed by atoms with E-state index in [1.807, 2.05) is 13.8 Å². The molecule has 94 valence electrons. The van der Waals surface area contributed by atoms with E-state index in [0.29, 0.717) is 0 Å². The molecule has 2 aromatic rings. The Balaban J connectivity index is 2.62. The van der Waals surface area contributed by atoms with Gasteiger partial charge in [0.25, 0.3) is 11.2 Å². The molecule has 1 heterocycles. The van der Waals surface area contributed by atoms with Gasteiger partial charge in [-0.1, -0.05) is 26.0 Å². The summed E-state index contributed by atoms with van der Waals surface area (Å²) in [4.78, 5) is 22.2. The van der Waals surface area contributed by atoms with E-state index in [9.17, 15) is 14.9 Å². The molecule has 0 fully saturated rings. The van der Waals surface area contributed by atoms with Crippen LogP contribution < -0.4 is 5.56 Å². The summed E-state index contributed by atoms with van der Waals surface area (Å²) in [7, 11) is 0. The first-order valence-electron chi connectivity index (χ1n) is 5.56. The van der Waals surface area contributed by atoms with Crippen molar-refractivity contribution in [2.45, 2.75) is 19.8 Å². The van der Waals surface area contributed by atoms with Crippen molar-refractivity contribution in [1.29, 1.82) is 0 Å². The Morgan fingerprint density at radius 1 is 1.33 bits per heavy atom. The van der Waals surface area contributed by atoms with Gasteiger partial charge in [0.1, 0.15) is 5.69 Å². The summed E-state index contributed by atoms with van der Waals surface area (Å²) in [6, 6.07) is 7.60. The highest BCUT2D eigenvalue weighted by molar-refractivity contribution is 5.51. The van der Waals surface area contributed by atoms with Gasteiger partial charge in [0.2, 0.25) is 0 Å². The number of aromatic amines is 1. The van der Waals surface area contributed by atoms with Crippen molar-refractivity contribution in [3.8, 4) is 5.69 Å². The zero-order chi connectivity index (χ0) is 13.3. The first-order valence-corrected chi connectivity index (χ1v) is 5.56. The van der Waals surface area contributed by atoms with Crippen molar-refractivity contribution in [2.75, 3.05) is 0 Å². The standard InChI is InChI=1S/C12H13N3O3/c1-8(2)9-7-12(16)14(13-9)10-5-3-4-6-11(10)15(17)18/h3-8,13H,1-2H3. The minimum atomic E-state index is -0.502. The van der Waals surface area contributed by atoms with Crippen molar-refractivity contribution >= 4 is 5.69 Å². The highest BCUT2D eigenvalue weighted by atomic mass is 16.6. The van der Waals surface area contributed by atoms with E-state index in [1.165, 1.54) is 16.8 Å². The molecule has 6 heteroatoms. The number of nitro benzene ring substituents is 1. The average molecular weight is 247 g/mol. The van der Waals surface area contributed by atoms with Gasteiger partial charge in [0.05, 0.1) is 4.92 Å². The molecular weight excluding hydrogens is 234 g/mol. The molecule has 0 spiro atoms. The SMILES string of the molecule is CC(C)c1cc(=O)n(-c2ccccc2[N+](=O)[O-])[nH]1. The van der Waals surface area contributed by atoms with Crippen LogP contribution in [0.25, 0.3) is 5.69 Å². The van der Waals surface area contributed by atoms with Crippen molar-refractivity contribution < 1.29 is 4.92 Å². The van der Waals surface area contributed by atoms with E-state index in [0.717, 1.165) is 5.69 Å². The number of nitro groups is 1. The van der Waals surface area contributed by atoms with Gasteiger partial charge in [0.15, 0.2) is 0 Å². The molecule has 0 bridgehead atoms. The summed E-state index contributed by atoms with van der Waals surface area (Å²) in [5.74, 6) is 0.154. The number of hydrogen-bond acceptors (Lipinski definition) is 3. The third-order valence-corrected chi connectivity index (χ3v) is 2.68. The van der Waals surface area contributed by atoms with Crippen LogP contribution in [-0.4, -0.2) is 14.7 Å². The molecule has 0 amide bonds. The second-order valence-electron chi connectivity index (χ2n) is 4.29. The zero-order valence-corrected chi connectivity index (χ0v) is 10.1. The number of aromatic nitrogens is 2. The molecule has 1 N–H and O–H groups in total. The van der Waals surface area contributed by atoms with E-state index in [4.69, 9.17) is 0 Å². The molecule has 6 nitrogen and oxygen atoms in total. The van der Waals surface area contributed by atoms with E-state index < -0.39 is 4.92 Å². The van der Waals surface area contributed by atoms with Crippen LogP contribution in [0.5, 0.6) is 0 Å². The van der Waals surface area contributed by atoms with Crippen LogP contribution >= 0.6 is 0 Å². The minimum absolute atomic E-state index is 0.100. The van der Waals surface area contributed by atoms with E-state index in [1.54, 1.807) is 18.2 Å². The first kappa shape index (κ1) is 12.1. The normalized spacial score (nSPS) is 10.8. The second kappa shape index (κ2) is 4.48. The number of para-hydroxylation sites is 2. The van der Waals surface area contributed by atoms with E-state index in [-0.39, 0.29) is 22.9 Å². The number of nitrogens with one attached hydrogen (secondary N) is 1. The number of hydrogen-bond donors (Lipinski definition) is 1. The predicted molar refractivity (Wildman–Crippen MR) is 67.1 cm³/mol. The number of benzene rings is 1. The third kappa shape index (κ3) is 2.04. The quantitative estimate of drug-likeness (QED) is 0.666. The molecule has 0 atom stereocenters. The molecule has 0 aliphatic heterocycles. The lowest BCUT2D eigenvalue weighted by Crippen LogP contribution is -2.14. The summed E-state index contributed by atoms with van der Waals surface area (Å²) >= 11 is 0. The molecule has 2 rings (SSSR count). The molecule has 0 saturated heterocycles. The molecule has 1 aromatic carbocycles. The fourth-order valence-electron chi connectivity index (χ4n) is 1.70. The Labute approximate surface area is 103 Å². The fraction of sp³-hybridized carbons (Fsp3) is 0.250. The van der Waals surface area contributed by atoms with Crippen LogP contribution in [0.15, 0.2) is 35.1 Å². The van der Waals surface area contributed by atoms with Gasteiger partial charge in [-0.25, -0.2) is 4.68 Å². The third-order valence-electron chi connectivity index (χ3n) is 2.68. The van der Waals surface area contributed by atoms with E-state index >= 15 is 0 Å².